The molecule has 6 nitrogen and oxygen atoms in total. The Bertz CT molecular complexity index is 1400. The van der Waals surface area contributed by atoms with Crippen molar-refractivity contribution < 1.29 is 19.1 Å². The molecule has 1 unspecified atom stereocenters. The SMILES string of the molecule is [B]C1(C(C)C)N(C(=O)Nc2ccc(C)cc2)c2cc(-c3cc(F)ccc3C(=O)O)ccc2N1C1CCCCC1. The molecule has 0 spiro atoms. The molecule has 2 radical (unpaired) electrons. The van der Waals surface area contributed by atoms with E-state index >= 15 is 0 Å². The summed E-state index contributed by atoms with van der Waals surface area (Å²) >= 11 is 0. The number of urea groups is 1. The van der Waals surface area contributed by atoms with E-state index in [4.69, 9.17) is 7.85 Å². The lowest BCUT2D eigenvalue weighted by atomic mass is 9.73. The number of aryl methyl sites for hydroxylation is 1. The Morgan fingerprint density at radius 2 is 1.69 bits per heavy atom. The minimum atomic E-state index is -1.17. The van der Waals surface area contributed by atoms with Gasteiger partial charge in [0.1, 0.15) is 13.7 Å². The lowest BCUT2D eigenvalue weighted by molar-refractivity contribution is 0.0697. The summed E-state index contributed by atoms with van der Waals surface area (Å²) in [6.45, 7) is 5.99. The highest BCUT2D eigenvalue weighted by Gasteiger charge is 2.52. The minimum Gasteiger partial charge on any atom is -0.478 e. The van der Waals surface area contributed by atoms with Crippen molar-refractivity contribution >= 4 is 36.9 Å². The summed E-state index contributed by atoms with van der Waals surface area (Å²) in [5.74, 6) is -1.84. The highest BCUT2D eigenvalue weighted by atomic mass is 19.1. The number of hydrogen-bond acceptors (Lipinski definition) is 3. The van der Waals surface area contributed by atoms with Gasteiger partial charge in [0.15, 0.2) is 0 Å². The second kappa shape index (κ2) is 10.4. The Hall–Kier alpha value is -3.81. The fourth-order valence-corrected chi connectivity index (χ4v) is 5.96. The zero-order valence-electron chi connectivity index (χ0n) is 22.6. The van der Waals surface area contributed by atoms with Crippen LogP contribution >= 0.6 is 0 Å². The third-order valence-corrected chi connectivity index (χ3v) is 8.04. The molecule has 2 amide bonds. The monoisotopic (exact) mass is 525 g/mol. The number of nitrogens with zero attached hydrogens (tertiary/aromatic N) is 2. The van der Waals surface area contributed by atoms with Crippen LogP contribution in [0.3, 0.4) is 0 Å². The first-order valence-corrected chi connectivity index (χ1v) is 13.5. The summed E-state index contributed by atoms with van der Waals surface area (Å²) in [6, 6.07) is 16.4. The number of fused-ring (bicyclic) bond motifs is 1. The van der Waals surface area contributed by atoms with Crippen molar-refractivity contribution in [2.24, 2.45) is 5.92 Å². The second-order valence-corrected chi connectivity index (χ2v) is 10.9. The Morgan fingerprint density at radius 1 is 1.00 bits per heavy atom. The molecule has 5 rings (SSSR count). The fourth-order valence-electron chi connectivity index (χ4n) is 5.96. The number of amides is 2. The topological polar surface area (TPSA) is 72.9 Å². The smallest absolute Gasteiger partial charge is 0.336 e. The molecule has 1 heterocycles. The summed E-state index contributed by atoms with van der Waals surface area (Å²) < 4.78 is 14.3. The van der Waals surface area contributed by atoms with Crippen LogP contribution in [0.15, 0.2) is 60.7 Å². The maximum atomic E-state index is 14.3. The van der Waals surface area contributed by atoms with Gasteiger partial charge in [-0.25, -0.2) is 14.0 Å². The molecule has 8 heteroatoms. The summed E-state index contributed by atoms with van der Waals surface area (Å²) in [7, 11) is 7.28. The van der Waals surface area contributed by atoms with Crippen LogP contribution in [0.1, 0.15) is 61.9 Å². The van der Waals surface area contributed by atoms with E-state index in [-0.39, 0.29) is 29.1 Å². The van der Waals surface area contributed by atoms with E-state index in [1.165, 1.54) is 18.6 Å². The van der Waals surface area contributed by atoms with Crippen LogP contribution in [0.2, 0.25) is 0 Å². The number of nitrogens with one attached hydrogen (secondary N) is 1. The first-order valence-electron chi connectivity index (χ1n) is 13.5. The Balaban J connectivity index is 1.67. The molecule has 0 bridgehead atoms. The zero-order chi connectivity index (χ0) is 27.9. The van der Waals surface area contributed by atoms with Gasteiger partial charge in [0, 0.05) is 11.7 Å². The van der Waals surface area contributed by atoms with Crippen molar-refractivity contribution in [3.8, 4) is 11.1 Å². The van der Waals surface area contributed by atoms with Crippen LogP contribution in [0, 0.1) is 18.7 Å². The summed E-state index contributed by atoms with van der Waals surface area (Å²) in [5, 5.41) is 12.8. The summed E-state index contributed by atoms with van der Waals surface area (Å²) in [6.07, 6.45) is 5.28. The van der Waals surface area contributed by atoms with Gasteiger partial charge in [0.05, 0.1) is 22.5 Å². The lowest BCUT2D eigenvalue weighted by Gasteiger charge is -2.50. The van der Waals surface area contributed by atoms with Crippen LogP contribution < -0.4 is 15.1 Å². The van der Waals surface area contributed by atoms with E-state index in [9.17, 15) is 19.1 Å². The van der Waals surface area contributed by atoms with Crippen molar-refractivity contribution in [1.29, 1.82) is 0 Å². The Morgan fingerprint density at radius 3 is 2.33 bits per heavy atom. The molecule has 2 N–H and O–H groups in total. The number of anilines is 3. The fraction of sp³-hybridized carbons (Fsp3) is 0.355. The molecule has 39 heavy (non-hydrogen) atoms. The molecule has 3 aromatic rings. The standard InChI is InChI=1S/C31H33BFN3O3/c1-19(2)31(32)35(24-7-5-4-6-8-24)27-16-11-21(26-18-22(33)12-15-25(26)29(37)38)17-28(27)36(31)30(39)34-23-13-9-20(3)10-14-23/h9-19,24H,4-8H2,1-3H3,(H,34,39)(H,37,38). The second-order valence-electron chi connectivity index (χ2n) is 10.9. The van der Waals surface area contributed by atoms with Crippen LogP contribution in [0.5, 0.6) is 0 Å². The predicted molar refractivity (Wildman–Crippen MR) is 154 cm³/mol. The van der Waals surface area contributed by atoms with Gasteiger partial charge in [0.25, 0.3) is 0 Å². The third kappa shape index (κ3) is 4.77. The predicted octanol–water partition coefficient (Wildman–Crippen LogP) is 7.17. The van der Waals surface area contributed by atoms with Gasteiger partial charge in [-0.2, -0.15) is 0 Å². The minimum absolute atomic E-state index is 0.0167. The zero-order valence-corrected chi connectivity index (χ0v) is 22.6. The molecule has 1 aliphatic carbocycles. The van der Waals surface area contributed by atoms with Crippen LogP contribution in [-0.2, 0) is 0 Å². The number of rotatable bonds is 5. The van der Waals surface area contributed by atoms with Crippen molar-refractivity contribution in [2.75, 3.05) is 15.1 Å². The van der Waals surface area contributed by atoms with Crippen LogP contribution in [0.4, 0.5) is 26.2 Å². The van der Waals surface area contributed by atoms with Crippen LogP contribution in [-0.4, -0.2) is 36.6 Å². The molecular weight excluding hydrogens is 492 g/mol. The Labute approximate surface area is 230 Å². The average molecular weight is 525 g/mol. The van der Waals surface area contributed by atoms with Gasteiger partial charge < -0.3 is 15.3 Å². The highest BCUT2D eigenvalue weighted by molar-refractivity contribution is 6.26. The molecule has 200 valence electrons. The summed E-state index contributed by atoms with van der Waals surface area (Å²) in [4.78, 5) is 29.8. The largest absolute Gasteiger partial charge is 0.478 e. The molecule has 1 saturated carbocycles. The summed E-state index contributed by atoms with van der Waals surface area (Å²) in [5.41, 5.74) is 2.65. The third-order valence-electron chi connectivity index (χ3n) is 8.04. The quantitative estimate of drug-likeness (QED) is 0.347. The average Bonchev–Trinajstić information content (AvgIpc) is 3.19. The molecule has 1 aliphatic heterocycles. The molecular formula is C31H33BFN3O3. The number of halogens is 1. The van der Waals surface area contributed by atoms with E-state index in [1.54, 1.807) is 17.0 Å². The number of hydrogen-bond donors (Lipinski definition) is 2. The lowest BCUT2D eigenvalue weighted by Crippen LogP contribution is -2.66. The molecule has 0 saturated heterocycles. The number of aromatic carboxylic acids is 1. The highest BCUT2D eigenvalue weighted by Crippen LogP contribution is 2.51. The van der Waals surface area contributed by atoms with Gasteiger partial charge in [-0.05, 0) is 79.3 Å². The van der Waals surface area contributed by atoms with E-state index < -0.39 is 17.3 Å². The van der Waals surface area contributed by atoms with Crippen molar-refractivity contribution in [3.63, 3.8) is 0 Å². The first-order chi connectivity index (χ1) is 18.6. The number of carbonyl (C=O) groups is 2. The van der Waals surface area contributed by atoms with Gasteiger partial charge in [-0.3, -0.25) is 4.90 Å². The van der Waals surface area contributed by atoms with Gasteiger partial charge in [-0.15, -0.1) is 0 Å². The van der Waals surface area contributed by atoms with Crippen LogP contribution in [0.25, 0.3) is 11.1 Å². The maximum Gasteiger partial charge on any atom is 0.336 e. The maximum absolute atomic E-state index is 14.3. The number of carbonyl (C=O) groups excluding carboxylic acids is 1. The number of benzene rings is 3. The van der Waals surface area contributed by atoms with E-state index in [1.807, 2.05) is 51.1 Å². The van der Waals surface area contributed by atoms with E-state index in [0.717, 1.165) is 43.0 Å². The van der Waals surface area contributed by atoms with Crippen molar-refractivity contribution in [1.82, 2.24) is 0 Å². The van der Waals surface area contributed by atoms with Gasteiger partial charge in [-0.1, -0.05) is 56.9 Å². The van der Waals surface area contributed by atoms with Gasteiger partial charge >= 0.3 is 12.0 Å². The molecule has 2 aliphatic rings. The van der Waals surface area contributed by atoms with Crippen molar-refractivity contribution in [2.45, 2.75) is 64.5 Å². The van der Waals surface area contributed by atoms with Gasteiger partial charge in [0.2, 0.25) is 0 Å². The number of carboxylic acid groups (broad SMARTS) is 1. The molecule has 1 atom stereocenters. The molecule has 0 aromatic heterocycles. The number of carboxylic acids is 1. The molecule has 3 aromatic carbocycles. The first kappa shape index (κ1) is 26.8. The van der Waals surface area contributed by atoms with Crippen molar-refractivity contribution in [3.05, 3.63) is 77.6 Å². The molecule has 1 fully saturated rings. The van der Waals surface area contributed by atoms with E-state index in [0.29, 0.717) is 16.9 Å². The van der Waals surface area contributed by atoms with E-state index in [2.05, 4.69) is 10.2 Å². The Kier molecular flexibility index (Phi) is 7.14. The normalized spacial score (nSPS) is 19.3.